The van der Waals surface area contributed by atoms with Crippen LogP contribution in [-0.4, -0.2) is 28.4 Å². The number of amides is 1. The summed E-state index contributed by atoms with van der Waals surface area (Å²) in [7, 11) is 1.61. The van der Waals surface area contributed by atoms with Gasteiger partial charge in [0.25, 0.3) is 0 Å². The lowest BCUT2D eigenvalue weighted by molar-refractivity contribution is -0.122. The van der Waals surface area contributed by atoms with Crippen molar-refractivity contribution in [2.75, 3.05) is 7.11 Å². The number of Topliss-reactive ketones (excluding diaryl/α,β-unsaturated/α-hetero) is 1. The molecule has 1 heterocycles. The Morgan fingerprint density at radius 3 is 2.50 bits per heavy atom. The van der Waals surface area contributed by atoms with E-state index in [1.807, 2.05) is 50.5 Å². The van der Waals surface area contributed by atoms with Gasteiger partial charge < -0.3 is 15.0 Å². The van der Waals surface area contributed by atoms with E-state index >= 15 is 0 Å². The van der Waals surface area contributed by atoms with Gasteiger partial charge in [0.2, 0.25) is 11.7 Å². The smallest absolute Gasteiger partial charge is 0.220 e. The van der Waals surface area contributed by atoms with Crippen molar-refractivity contribution in [3.63, 3.8) is 0 Å². The summed E-state index contributed by atoms with van der Waals surface area (Å²) >= 11 is 0. The number of methoxy groups -OCH3 is 1. The summed E-state index contributed by atoms with van der Waals surface area (Å²) in [6.45, 7) is 9.77. The molecule has 2 N–H and O–H groups in total. The predicted molar refractivity (Wildman–Crippen MR) is 112 cm³/mol. The molecule has 2 unspecified atom stereocenters. The number of imidazole rings is 1. The third-order valence-corrected chi connectivity index (χ3v) is 5.16. The third kappa shape index (κ3) is 4.72. The van der Waals surface area contributed by atoms with Crippen molar-refractivity contribution in [1.29, 1.82) is 0 Å². The molecule has 154 valence electrons. The van der Waals surface area contributed by atoms with Gasteiger partial charge in [0, 0.05) is 23.4 Å². The Balaban J connectivity index is 2.54. The van der Waals surface area contributed by atoms with E-state index in [4.69, 9.17) is 10.5 Å². The number of nitrogens with zero attached hydrogens (tertiary/aromatic N) is 2. The van der Waals surface area contributed by atoms with E-state index in [0.29, 0.717) is 18.0 Å². The highest BCUT2D eigenvalue weighted by Gasteiger charge is 2.31. The molecule has 1 amide bonds. The number of ketones is 1. The highest BCUT2D eigenvalue weighted by Crippen LogP contribution is 2.32. The molecule has 0 aliphatic heterocycles. The molecule has 1 aromatic carbocycles. The van der Waals surface area contributed by atoms with Gasteiger partial charge in [-0.25, -0.2) is 4.98 Å². The van der Waals surface area contributed by atoms with Crippen molar-refractivity contribution in [2.24, 2.45) is 17.1 Å². The fourth-order valence-electron chi connectivity index (χ4n) is 3.49. The maximum atomic E-state index is 13.1. The molecule has 0 aliphatic carbocycles. The van der Waals surface area contributed by atoms with Gasteiger partial charge >= 0.3 is 0 Å². The number of aromatic nitrogens is 2. The first-order chi connectivity index (χ1) is 13.1. The maximum absolute atomic E-state index is 13.1. The third-order valence-electron chi connectivity index (χ3n) is 5.16. The fourth-order valence-corrected chi connectivity index (χ4v) is 3.49. The number of carbonyl (C=O) groups is 2. The number of carbonyl (C=O) groups excluding carboxylic acids is 2. The Hall–Kier alpha value is -2.37. The van der Waals surface area contributed by atoms with Crippen LogP contribution in [0.5, 0.6) is 5.75 Å². The zero-order valence-electron chi connectivity index (χ0n) is 17.9. The molecular weight excluding hydrogens is 354 g/mol. The molecule has 0 aliphatic rings. The Labute approximate surface area is 167 Å². The lowest BCUT2D eigenvalue weighted by Gasteiger charge is -2.24. The van der Waals surface area contributed by atoms with E-state index in [9.17, 15) is 9.59 Å². The van der Waals surface area contributed by atoms with Gasteiger partial charge in [0.05, 0.1) is 18.1 Å². The summed E-state index contributed by atoms with van der Waals surface area (Å²) in [6.07, 6.45) is 3.29. The van der Waals surface area contributed by atoms with Gasteiger partial charge in [-0.3, -0.25) is 9.59 Å². The van der Waals surface area contributed by atoms with Crippen LogP contribution < -0.4 is 10.5 Å². The monoisotopic (exact) mass is 387 g/mol. The van der Waals surface area contributed by atoms with E-state index < -0.39 is 5.41 Å². The van der Waals surface area contributed by atoms with Gasteiger partial charge in [-0.2, -0.15) is 0 Å². The number of benzene rings is 1. The van der Waals surface area contributed by atoms with Gasteiger partial charge in [-0.05, 0) is 31.9 Å². The number of fused-ring (bicyclic) bond motifs is 1. The molecule has 6 heteroatoms. The number of hydrogen-bond donors (Lipinski definition) is 1. The second-order valence-corrected chi connectivity index (χ2v) is 8.57. The molecule has 6 nitrogen and oxygen atoms in total. The number of rotatable bonds is 9. The van der Waals surface area contributed by atoms with Gasteiger partial charge in [0.1, 0.15) is 5.75 Å². The summed E-state index contributed by atoms with van der Waals surface area (Å²) in [5.41, 5.74) is 6.66. The lowest BCUT2D eigenvalue weighted by atomic mass is 9.89. The first kappa shape index (κ1) is 21.9. The molecule has 2 aromatic rings. The second kappa shape index (κ2) is 8.76. The zero-order chi connectivity index (χ0) is 21.1. The van der Waals surface area contributed by atoms with E-state index in [1.165, 1.54) is 0 Å². The minimum atomic E-state index is -0.561. The molecule has 0 saturated carbocycles. The standard InChI is InChI=1S/C22H33N3O3/c1-7-8-9-15(20(23)27)12-14(2)25-18-13-16(28-6)10-11-17(18)24-21(25)19(26)22(3,4)5/h10-11,13-15H,7-9,12H2,1-6H3,(H2,23,27). The topological polar surface area (TPSA) is 87.2 Å². The Morgan fingerprint density at radius 1 is 1.29 bits per heavy atom. The highest BCUT2D eigenvalue weighted by molar-refractivity contribution is 6.00. The van der Waals surface area contributed by atoms with Crippen LogP contribution in [0, 0.1) is 11.3 Å². The molecule has 0 fully saturated rings. The molecule has 0 radical (unpaired) electrons. The number of hydrogen-bond acceptors (Lipinski definition) is 4. The van der Waals surface area contributed by atoms with Crippen LogP contribution >= 0.6 is 0 Å². The first-order valence-electron chi connectivity index (χ1n) is 10.00. The molecule has 0 saturated heterocycles. The molecule has 0 bridgehead atoms. The Morgan fingerprint density at radius 2 is 1.96 bits per heavy atom. The summed E-state index contributed by atoms with van der Waals surface area (Å²) < 4.78 is 7.32. The second-order valence-electron chi connectivity index (χ2n) is 8.57. The minimum absolute atomic E-state index is 0.0290. The molecular formula is C22H33N3O3. The van der Waals surface area contributed by atoms with Gasteiger partial charge in [0.15, 0.2) is 5.82 Å². The fraction of sp³-hybridized carbons (Fsp3) is 0.591. The van der Waals surface area contributed by atoms with Crippen molar-refractivity contribution < 1.29 is 14.3 Å². The Bertz CT molecular complexity index is 849. The van der Waals surface area contributed by atoms with E-state index in [2.05, 4.69) is 11.9 Å². The van der Waals surface area contributed by atoms with Gasteiger partial charge in [-0.1, -0.05) is 40.5 Å². The molecule has 2 atom stereocenters. The van der Waals surface area contributed by atoms with Crippen LogP contribution in [0.25, 0.3) is 11.0 Å². The normalized spacial score (nSPS) is 14.1. The number of nitrogens with two attached hydrogens (primary N) is 1. The van der Waals surface area contributed by atoms with Crippen molar-refractivity contribution >= 4 is 22.7 Å². The number of ether oxygens (including phenoxy) is 1. The summed E-state index contributed by atoms with van der Waals surface area (Å²) in [4.78, 5) is 29.7. The molecule has 1 aromatic heterocycles. The number of primary amides is 1. The van der Waals surface area contributed by atoms with Crippen molar-refractivity contribution in [2.45, 2.75) is 66.3 Å². The van der Waals surface area contributed by atoms with Gasteiger partial charge in [-0.15, -0.1) is 0 Å². The molecule has 2 rings (SSSR count). The molecule has 28 heavy (non-hydrogen) atoms. The average Bonchev–Trinajstić information content (AvgIpc) is 3.01. The summed E-state index contributed by atoms with van der Waals surface area (Å²) in [5, 5.41) is 0. The summed E-state index contributed by atoms with van der Waals surface area (Å²) in [6, 6.07) is 5.49. The van der Waals surface area contributed by atoms with Crippen LogP contribution in [0.4, 0.5) is 0 Å². The zero-order valence-corrected chi connectivity index (χ0v) is 17.9. The van der Waals surface area contributed by atoms with Crippen LogP contribution in [0.3, 0.4) is 0 Å². The predicted octanol–water partition coefficient (Wildman–Crippen LogP) is 4.52. The first-order valence-corrected chi connectivity index (χ1v) is 10.00. The van der Waals surface area contributed by atoms with Crippen LogP contribution in [-0.2, 0) is 4.79 Å². The van der Waals surface area contributed by atoms with E-state index in [-0.39, 0.29) is 23.7 Å². The average molecular weight is 388 g/mol. The maximum Gasteiger partial charge on any atom is 0.220 e. The minimum Gasteiger partial charge on any atom is -0.497 e. The Kier molecular flexibility index (Phi) is 6.86. The summed E-state index contributed by atoms with van der Waals surface area (Å²) in [5.74, 6) is 0.579. The van der Waals surface area contributed by atoms with Crippen LogP contribution in [0.15, 0.2) is 18.2 Å². The van der Waals surface area contributed by atoms with Crippen molar-refractivity contribution in [1.82, 2.24) is 9.55 Å². The van der Waals surface area contributed by atoms with Crippen molar-refractivity contribution in [3.05, 3.63) is 24.0 Å². The molecule has 0 spiro atoms. The highest BCUT2D eigenvalue weighted by atomic mass is 16.5. The largest absolute Gasteiger partial charge is 0.497 e. The lowest BCUT2D eigenvalue weighted by Crippen LogP contribution is -2.28. The van der Waals surface area contributed by atoms with Crippen LogP contribution in [0.2, 0.25) is 0 Å². The van der Waals surface area contributed by atoms with Crippen molar-refractivity contribution in [3.8, 4) is 5.75 Å². The van der Waals surface area contributed by atoms with E-state index in [1.54, 1.807) is 7.11 Å². The van der Waals surface area contributed by atoms with Crippen LogP contribution in [0.1, 0.15) is 77.0 Å². The number of unbranched alkanes of at least 4 members (excludes halogenated alkanes) is 1. The SMILES string of the molecule is CCCCC(CC(C)n1c(C(=O)C(C)(C)C)nc2ccc(OC)cc21)C(N)=O. The quantitative estimate of drug-likeness (QED) is 0.641. The van der Waals surface area contributed by atoms with E-state index in [0.717, 1.165) is 30.3 Å².